The SMILES string of the molecule is C/C=C(/C)C(=O)N1CCC(C)(C(=O)O)C1. The van der Waals surface area contributed by atoms with E-state index in [9.17, 15) is 9.59 Å². The van der Waals surface area contributed by atoms with Crippen molar-refractivity contribution in [3.05, 3.63) is 11.6 Å². The molecular formula is C11H17NO3. The molecule has 1 amide bonds. The number of likely N-dealkylation sites (tertiary alicyclic amines) is 1. The summed E-state index contributed by atoms with van der Waals surface area (Å²) < 4.78 is 0. The van der Waals surface area contributed by atoms with Gasteiger partial charge in [-0.25, -0.2) is 0 Å². The van der Waals surface area contributed by atoms with Gasteiger partial charge in [0.1, 0.15) is 0 Å². The van der Waals surface area contributed by atoms with Crippen molar-refractivity contribution >= 4 is 11.9 Å². The van der Waals surface area contributed by atoms with Crippen LogP contribution < -0.4 is 0 Å². The van der Waals surface area contributed by atoms with Gasteiger partial charge in [0.05, 0.1) is 5.41 Å². The molecule has 1 rings (SSSR count). The zero-order chi connectivity index (χ0) is 11.6. The molecule has 84 valence electrons. The average Bonchev–Trinajstić information content (AvgIpc) is 2.60. The van der Waals surface area contributed by atoms with Crippen molar-refractivity contribution in [3.63, 3.8) is 0 Å². The number of hydrogen-bond acceptors (Lipinski definition) is 2. The first-order valence-electron chi connectivity index (χ1n) is 5.06. The Morgan fingerprint density at radius 1 is 1.47 bits per heavy atom. The number of allylic oxidation sites excluding steroid dienone is 1. The summed E-state index contributed by atoms with van der Waals surface area (Å²) in [5, 5.41) is 9.02. The smallest absolute Gasteiger partial charge is 0.311 e. The second kappa shape index (κ2) is 4.04. The quantitative estimate of drug-likeness (QED) is 0.700. The fourth-order valence-corrected chi connectivity index (χ4v) is 1.68. The summed E-state index contributed by atoms with van der Waals surface area (Å²) >= 11 is 0. The molecule has 0 radical (unpaired) electrons. The molecule has 0 aliphatic carbocycles. The van der Waals surface area contributed by atoms with E-state index in [-0.39, 0.29) is 5.91 Å². The second-order valence-corrected chi connectivity index (χ2v) is 4.31. The van der Waals surface area contributed by atoms with E-state index in [0.717, 1.165) is 0 Å². The van der Waals surface area contributed by atoms with Gasteiger partial charge in [0.2, 0.25) is 5.91 Å². The van der Waals surface area contributed by atoms with Gasteiger partial charge in [-0.2, -0.15) is 0 Å². The third-order valence-corrected chi connectivity index (χ3v) is 3.05. The van der Waals surface area contributed by atoms with Crippen molar-refractivity contribution in [2.75, 3.05) is 13.1 Å². The van der Waals surface area contributed by atoms with Crippen molar-refractivity contribution < 1.29 is 14.7 Å². The minimum absolute atomic E-state index is 0.0533. The fraction of sp³-hybridized carbons (Fsp3) is 0.636. The van der Waals surface area contributed by atoms with Gasteiger partial charge < -0.3 is 10.0 Å². The molecular weight excluding hydrogens is 194 g/mol. The molecule has 4 heteroatoms. The zero-order valence-corrected chi connectivity index (χ0v) is 9.41. The monoisotopic (exact) mass is 211 g/mol. The van der Waals surface area contributed by atoms with Crippen LogP contribution in [0.15, 0.2) is 11.6 Å². The fourth-order valence-electron chi connectivity index (χ4n) is 1.68. The van der Waals surface area contributed by atoms with Gasteiger partial charge in [-0.05, 0) is 27.2 Å². The van der Waals surface area contributed by atoms with Crippen LogP contribution in [0.1, 0.15) is 27.2 Å². The molecule has 0 spiro atoms. The molecule has 1 fully saturated rings. The summed E-state index contributed by atoms with van der Waals surface area (Å²) in [7, 11) is 0. The molecule has 0 aromatic carbocycles. The number of carbonyl (C=O) groups excluding carboxylic acids is 1. The van der Waals surface area contributed by atoms with Gasteiger partial charge >= 0.3 is 5.97 Å². The van der Waals surface area contributed by atoms with E-state index in [1.807, 2.05) is 0 Å². The van der Waals surface area contributed by atoms with Crippen LogP contribution in [0, 0.1) is 5.41 Å². The Morgan fingerprint density at radius 2 is 2.07 bits per heavy atom. The first-order valence-corrected chi connectivity index (χ1v) is 5.06. The highest BCUT2D eigenvalue weighted by Gasteiger charge is 2.42. The molecule has 1 aliphatic heterocycles. The van der Waals surface area contributed by atoms with Crippen LogP contribution in [0.2, 0.25) is 0 Å². The van der Waals surface area contributed by atoms with Crippen LogP contribution in [0.4, 0.5) is 0 Å². The van der Waals surface area contributed by atoms with E-state index >= 15 is 0 Å². The number of rotatable bonds is 2. The van der Waals surface area contributed by atoms with E-state index in [0.29, 0.717) is 25.1 Å². The van der Waals surface area contributed by atoms with Crippen molar-refractivity contribution in [1.82, 2.24) is 4.90 Å². The first-order chi connectivity index (χ1) is 6.90. The summed E-state index contributed by atoms with van der Waals surface area (Å²) in [4.78, 5) is 24.3. The lowest BCUT2D eigenvalue weighted by Crippen LogP contribution is -2.35. The largest absolute Gasteiger partial charge is 0.481 e. The third kappa shape index (κ3) is 2.19. The topological polar surface area (TPSA) is 57.6 Å². The Balaban J connectivity index is 2.73. The number of carbonyl (C=O) groups is 2. The van der Waals surface area contributed by atoms with Crippen LogP contribution in [-0.2, 0) is 9.59 Å². The molecule has 1 atom stereocenters. The van der Waals surface area contributed by atoms with Crippen molar-refractivity contribution in [2.45, 2.75) is 27.2 Å². The Kier molecular flexibility index (Phi) is 3.17. The van der Waals surface area contributed by atoms with Crippen LogP contribution in [-0.4, -0.2) is 35.0 Å². The maximum atomic E-state index is 11.8. The number of hydrogen-bond donors (Lipinski definition) is 1. The normalized spacial score (nSPS) is 26.9. The Labute approximate surface area is 89.6 Å². The minimum Gasteiger partial charge on any atom is -0.481 e. The molecule has 15 heavy (non-hydrogen) atoms. The van der Waals surface area contributed by atoms with Gasteiger partial charge in [0, 0.05) is 18.7 Å². The van der Waals surface area contributed by atoms with Gasteiger partial charge in [-0.1, -0.05) is 6.08 Å². The van der Waals surface area contributed by atoms with Gasteiger partial charge in [-0.3, -0.25) is 9.59 Å². The summed E-state index contributed by atoms with van der Waals surface area (Å²) in [5.41, 5.74) is -0.103. The molecule has 1 saturated heterocycles. The van der Waals surface area contributed by atoms with Crippen LogP contribution in [0.5, 0.6) is 0 Å². The summed E-state index contributed by atoms with van der Waals surface area (Å²) in [6, 6.07) is 0. The number of carboxylic acid groups (broad SMARTS) is 1. The lowest BCUT2D eigenvalue weighted by Gasteiger charge is -2.20. The Hall–Kier alpha value is -1.32. The average molecular weight is 211 g/mol. The Morgan fingerprint density at radius 3 is 2.47 bits per heavy atom. The van der Waals surface area contributed by atoms with Gasteiger partial charge in [-0.15, -0.1) is 0 Å². The number of aliphatic carboxylic acids is 1. The highest BCUT2D eigenvalue weighted by Crippen LogP contribution is 2.30. The van der Waals surface area contributed by atoms with Crippen LogP contribution in [0.3, 0.4) is 0 Å². The van der Waals surface area contributed by atoms with Crippen LogP contribution >= 0.6 is 0 Å². The molecule has 1 heterocycles. The van der Waals surface area contributed by atoms with Crippen molar-refractivity contribution in [3.8, 4) is 0 Å². The maximum absolute atomic E-state index is 11.8. The van der Waals surface area contributed by atoms with Crippen molar-refractivity contribution in [2.24, 2.45) is 5.41 Å². The van der Waals surface area contributed by atoms with Gasteiger partial charge in [0.25, 0.3) is 0 Å². The molecule has 0 saturated carbocycles. The van der Waals surface area contributed by atoms with E-state index in [4.69, 9.17) is 5.11 Å². The third-order valence-electron chi connectivity index (χ3n) is 3.05. The molecule has 0 bridgehead atoms. The van der Waals surface area contributed by atoms with E-state index in [1.165, 1.54) is 0 Å². The standard InChI is InChI=1S/C11H17NO3/c1-4-8(2)9(13)12-6-5-11(3,7-12)10(14)15/h4H,5-7H2,1-3H3,(H,14,15)/b8-4-. The van der Waals surface area contributed by atoms with Crippen molar-refractivity contribution in [1.29, 1.82) is 0 Å². The van der Waals surface area contributed by atoms with E-state index in [2.05, 4.69) is 0 Å². The molecule has 1 unspecified atom stereocenters. The predicted octanol–water partition coefficient (Wildman–Crippen LogP) is 1.28. The zero-order valence-electron chi connectivity index (χ0n) is 9.41. The summed E-state index contributed by atoms with van der Waals surface area (Å²) in [6.45, 7) is 6.09. The lowest BCUT2D eigenvalue weighted by molar-refractivity contribution is -0.147. The first kappa shape index (κ1) is 11.8. The van der Waals surface area contributed by atoms with Gasteiger partial charge in [0.15, 0.2) is 0 Å². The highest BCUT2D eigenvalue weighted by atomic mass is 16.4. The lowest BCUT2D eigenvalue weighted by atomic mass is 9.90. The number of nitrogens with zero attached hydrogens (tertiary/aromatic N) is 1. The minimum atomic E-state index is -0.823. The van der Waals surface area contributed by atoms with Crippen LogP contribution in [0.25, 0.3) is 0 Å². The molecule has 1 N–H and O–H groups in total. The summed E-state index contributed by atoms with van der Waals surface area (Å²) in [6.07, 6.45) is 2.28. The molecule has 4 nitrogen and oxygen atoms in total. The molecule has 1 aliphatic rings. The molecule has 0 aromatic rings. The predicted molar refractivity (Wildman–Crippen MR) is 56.4 cm³/mol. The Bertz CT molecular complexity index is 322. The maximum Gasteiger partial charge on any atom is 0.311 e. The van der Waals surface area contributed by atoms with E-state index in [1.54, 1.807) is 31.7 Å². The number of carboxylic acids is 1. The highest BCUT2D eigenvalue weighted by molar-refractivity contribution is 5.93. The second-order valence-electron chi connectivity index (χ2n) is 4.31. The molecule has 0 aromatic heterocycles. The van der Waals surface area contributed by atoms with E-state index < -0.39 is 11.4 Å². The number of amides is 1. The summed E-state index contributed by atoms with van der Waals surface area (Å²) in [5.74, 6) is -0.876.